The molecule has 5 heteroatoms. The molecule has 4 heterocycles. The number of likely N-dealkylation sites (tertiary alicyclic amines) is 1. The van der Waals surface area contributed by atoms with E-state index in [9.17, 15) is 0 Å². The zero-order chi connectivity index (χ0) is 17.3. The third kappa shape index (κ3) is 3.13. The summed E-state index contributed by atoms with van der Waals surface area (Å²) >= 11 is 1.71. The summed E-state index contributed by atoms with van der Waals surface area (Å²) in [7, 11) is 0. The monoisotopic (exact) mass is 362 g/mol. The summed E-state index contributed by atoms with van der Waals surface area (Å²) in [4.78, 5) is 6.20. The molecule has 2 aliphatic heterocycles. The predicted molar refractivity (Wildman–Crippen MR) is 106 cm³/mol. The number of nitrogens with zero attached hydrogens (tertiary/aromatic N) is 4. The average Bonchev–Trinajstić information content (AvgIpc) is 3.39. The van der Waals surface area contributed by atoms with Gasteiger partial charge in [0, 0.05) is 32.7 Å². The Hall–Kier alpha value is -2.24. The van der Waals surface area contributed by atoms with E-state index in [1.165, 1.54) is 23.5 Å². The molecule has 0 radical (unpaired) electrons. The van der Waals surface area contributed by atoms with Crippen LogP contribution in [-0.4, -0.2) is 41.3 Å². The molecule has 0 bridgehead atoms. The quantitative estimate of drug-likeness (QED) is 0.707. The molecule has 2 aromatic heterocycles. The topological polar surface area (TPSA) is 32.3 Å². The van der Waals surface area contributed by atoms with Crippen molar-refractivity contribution in [3.8, 4) is 10.6 Å². The van der Waals surface area contributed by atoms with Crippen LogP contribution in [-0.2, 0) is 6.54 Å². The van der Waals surface area contributed by atoms with E-state index in [1.807, 2.05) is 0 Å². The molecule has 0 saturated carbocycles. The fraction of sp³-hybridized carbons (Fsp3) is 0.333. The lowest BCUT2D eigenvalue weighted by molar-refractivity contribution is 0.309. The van der Waals surface area contributed by atoms with Gasteiger partial charge in [0.25, 0.3) is 0 Å². The van der Waals surface area contributed by atoms with Crippen LogP contribution in [0.25, 0.3) is 10.6 Å². The van der Waals surface area contributed by atoms with Crippen LogP contribution in [0.15, 0.2) is 60.0 Å². The highest BCUT2D eigenvalue weighted by molar-refractivity contribution is 7.13. The number of thiophene rings is 1. The standard InChI is InChI=1S/C21H22N4S/c1-2-5-16(6-3-1)11-24-12-17-14-25(15-18(17)13-24)21-9-8-19(22-23-21)20-7-4-10-26-20/h1-10,17-18H,11-15H2/t17-,18-/m0/s1. The predicted octanol–water partition coefficient (Wildman–Crippen LogP) is 3.77. The summed E-state index contributed by atoms with van der Waals surface area (Å²) in [6.07, 6.45) is 0. The second kappa shape index (κ2) is 6.82. The molecule has 0 spiro atoms. The maximum absolute atomic E-state index is 4.50. The van der Waals surface area contributed by atoms with Crippen LogP contribution in [0.4, 0.5) is 5.82 Å². The van der Waals surface area contributed by atoms with Gasteiger partial charge in [-0.15, -0.1) is 21.5 Å². The average molecular weight is 363 g/mol. The number of fused-ring (bicyclic) bond motifs is 1. The molecule has 26 heavy (non-hydrogen) atoms. The maximum atomic E-state index is 4.50. The molecule has 2 saturated heterocycles. The zero-order valence-electron chi connectivity index (χ0n) is 14.7. The van der Waals surface area contributed by atoms with Crippen molar-refractivity contribution in [2.24, 2.45) is 11.8 Å². The molecule has 5 rings (SSSR count). The van der Waals surface area contributed by atoms with Gasteiger partial charge in [-0.2, -0.15) is 0 Å². The third-order valence-corrected chi connectivity index (χ3v) is 6.45. The van der Waals surface area contributed by atoms with Gasteiger partial charge >= 0.3 is 0 Å². The summed E-state index contributed by atoms with van der Waals surface area (Å²) in [5, 5.41) is 11.0. The van der Waals surface area contributed by atoms with Gasteiger partial charge in [0.05, 0.1) is 4.88 Å². The summed E-state index contributed by atoms with van der Waals surface area (Å²) in [5.41, 5.74) is 2.39. The second-order valence-electron chi connectivity index (χ2n) is 7.36. The fourth-order valence-electron chi connectivity index (χ4n) is 4.30. The highest BCUT2D eigenvalue weighted by Crippen LogP contribution is 2.34. The van der Waals surface area contributed by atoms with Crippen molar-refractivity contribution in [1.82, 2.24) is 15.1 Å². The molecular weight excluding hydrogens is 340 g/mol. The molecule has 0 N–H and O–H groups in total. The van der Waals surface area contributed by atoms with Crippen molar-refractivity contribution in [3.63, 3.8) is 0 Å². The normalized spacial score (nSPS) is 22.7. The Balaban J connectivity index is 1.21. The largest absolute Gasteiger partial charge is 0.354 e. The van der Waals surface area contributed by atoms with Crippen molar-refractivity contribution in [2.75, 3.05) is 31.1 Å². The van der Waals surface area contributed by atoms with Crippen molar-refractivity contribution in [2.45, 2.75) is 6.54 Å². The van der Waals surface area contributed by atoms with E-state index in [1.54, 1.807) is 11.3 Å². The molecule has 3 aromatic rings. The van der Waals surface area contributed by atoms with Crippen molar-refractivity contribution in [1.29, 1.82) is 0 Å². The van der Waals surface area contributed by atoms with Crippen LogP contribution in [0.1, 0.15) is 5.56 Å². The number of rotatable bonds is 4. The minimum Gasteiger partial charge on any atom is -0.354 e. The molecule has 0 amide bonds. The van der Waals surface area contributed by atoms with Crippen LogP contribution in [0.2, 0.25) is 0 Å². The Morgan fingerprint density at radius 1 is 0.846 bits per heavy atom. The van der Waals surface area contributed by atoms with Gasteiger partial charge in [-0.05, 0) is 41.0 Å². The van der Waals surface area contributed by atoms with E-state index >= 15 is 0 Å². The summed E-state index contributed by atoms with van der Waals surface area (Å²) in [5.74, 6) is 2.52. The van der Waals surface area contributed by atoms with E-state index in [-0.39, 0.29) is 0 Å². The van der Waals surface area contributed by atoms with Gasteiger partial charge in [-0.3, -0.25) is 4.90 Å². The number of anilines is 1. The Morgan fingerprint density at radius 2 is 1.65 bits per heavy atom. The molecule has 2 fully saturated rings. The summed E-state index contributed by atoms with van der Waals surface area (Å²) in [6.45, 7) is 5.66. The number of aromatic nitrogens is 2. The van der Waals surface area contributed by atoms with Crippen LogP contribution >= 0.6 is 11.3 Å². The lowest BCUT2D eigenvalue weighted by Gasteiger charge is -2.22. The first kappa shape index (κ1) is 16.0. The van der Waals surface area contributed by atoms with Crippen LogP contribution in [0.3, 0.4) is 0 Å². The first-order valence-corrected chi connectivity index (χ1v) is 10.1. The van der Waals surface area contributed by atoms with E-state index in [2.05, 4.69) is 80.0 Å². The Bertz CT molecular complexity index is 833. The molecule has 0 unspecified atom stereocenters. The van der Waals surface area contributed by atoms with E-state index < -0.39 is 0 Å². The third-order valence-electron chi connectivity index (χ3n) is 5.56. The maximum Gasteiger partial charge on any atom is 0.151 e. The summed E-state index contributed by atoms with van der Waals surface area (Å²) in [6, 6.07) is 19.2. The second-order valence-corrected chi connectivity index (χ2v) is 8.31. The van der Waals surface area contributed by atoms with Gasteiger partial charge in [0.15, 0.2) is 5.82 Å². The summed E-state index contributed by atoms with van der Waals surface area (Å²) < 4.78 is 0. The van der Waals surface area contributed by atoms with Crippen LogP contribution in [0, 0.1) is 11.8 Å². The number of hydrogen-bond acceptors (Lipinski definition) is 5. The smallest absolute Gasteiger partial charge is 0.151 e. The Labute approximate surface area is 158 Å². The molecule has 2 atom stereocenters. The van der Waals surface area contributed by atoms with Gasteiger partial charge in [-0.25, -0.2) is 0 Å². The fourth-order valence-corrected chi connectivity index (χ4v) is 4.99. The molecular formula is C21H22N4S. The first-order valence-electron chi connectivity index (χ1n) is 9.24. The highest BCUT2D eigenvalue weighted by Gasteiger charge is 2.40. The van der Waals surface area contributed by atoms with Gasteiger partial charge in [-0.1, -0.05) is 36.4 Å². The van der Waals surface area contributed by atoms with Gasteiger partial charge in [0.1, 0.15) is 5.69 Å². The SMILES string of the molecule is c1ccc(CN2C[C@H]3CN(c4ccc(-c5cccs5)nn4)C[C@@H]3C2)cc1. The van der Waals surface area contributed by atoms with Crippen molar-refractivity contribution in [3.05, 3.63) is 65.5 Å². The number of hydrogen-bond donors (Lipinski definition) is 0. The molecule has 1 aromatic carbocycles. The van der Waals surface area contributed by atoms with Crippen molar-refractivity contribution < 1.29 is 0 Å². The van der Waals surface area contributed by atoms with Gasteiger partial charge < -0.3 is 4.90 Å². The van der Waals surface area contributed by atoms with Crippen LogP contribution in [0.5, 0.6) is 0 Å². The molecule has 2 aliphatic rings. The molecule has 4 nitrogen and oxygen atoms in total. The first-order chi connectivity index (χ1) is 12.8. The Morgan fingerprint density at radius 3 is 2.31 bits per heavy atom. The van der Waals surface area contributed by atoms with E-state index in [0.717, 1.165) is 43.0 Å². The Kier molecular flexibility index (Phi) is 4.19. The molecule has 0 aliphatic carbocycles. The van der Waals surface area contributed by atoms with Crippen molar-refractivity contribution >= 4 is 17.2 Å². The minimum atomic E-state index is 0.748. The lowest BCUT2D eigenvalue weighted by Crippen LogP contribution is -2.29. The van der Waals surface area contributed by atoms with E-state index in [0.29, 0.717) is 0 Å². The van der Waals surface area contributed by atoms with E-state index in [4.69, 9.17) is 0 Å². The number of benzene rings is 1. The van der Waals surface area contributed by atoms with Crippen LogP contribution < -0.4 is 4.90 Å². The van der Waals surface area contributed by atoms with Gasteiger partial charge in [0.2, 0.25) is 0 Å². The lowest BCUT2D eigenvalue weighted by atomic mass is 10.0. The molecule has 132 valence electrons. The zero-order valence-corrected chi connectivity index (χ0v) is 15.5. The highest BCUT2D eigenvalue weighted by atomic mass is 32.1. The minimum absolute atomic E-state index is 0.748.